The molecule has 0 aliphatic heterocycles. The van der Waals surface area contributed by atoms with Crippen LogP contribution in [0.15, 0.2) is 35.2 Å². The van der Waals surface area contributed by atoms with Crippen molar-refractivity contribution in [1.29, 1.82) is 0 Å². The van der Waals surface area contributed by atoms with Crippen molar-refractivity contribution in [2.75, 3.05) is 6.26 Å². The molecule has 1 N–H and O–H groups in total. The van der Waals surface area contributed by atoms with Crippen LogP contribution in [0.25, 0.3) is 6.08 Å². The van der Waals surface area contributed by atoms with E-state index in [9.17, 15) is 14.7 Å². The molecular formula is C24H28O4S. The zero-order valence-corrected chi connectivity index (χ0v) is 18.9. The van der Waals surface area contributed by atoms with Crippen LogP contribution in [0.4, 0.5) is 0 Å². The Morgan fingerprint density at radius 2 is 1.48 bits per heavy atom. The van der Waals surface area contributed by atoms with Crippen molar-refractivity contribution < 1.29 is 19.4 Å². The molecule has 0 atom stereocenters. The van der Waals surface area contributed by atoms with Gasteiger partial charge < -0.3 is 9.84 Å². The van der Waals surface area contributed by atoms with Gasteiger partial charge in [-0.3, -0.25) is 4.79 Å². The van der Waals surface area contributed by atoms with E-state index in [0.717, 1.165) is 27.8 Å². The third kappa shape index (κ3) is 5.30. The van der Waals surface area contributed by atoms with Crippen molar-refractivity contribution in [3.63, 3.8) is 0 Å². The molecule has 2 aromatic rings. The summed E-state index contributed by atoms with van der Waals surface area (Å²) >= 11 is 1.68. The highest BCUT2D eigenvalue weighted by Crippen LogP contribution is 2.29. The Kier molecular flexibility index (Phi) is 6.96. The zero-order valence-electron chi connectivity index (χ0n) is 18.0. The summed E-state index contributed by atoms with van der Waals surface area (Å²) in [7, 11) is 0. The average Bonchev–Trinajstić information content (AvgIpc) is 2.62. The minimum absolute atomic E-state index is 0.0495. The van der Waals surface area contributed by atoms with Gasteiger partial charge in [-0.2, -0.15) is 0 Å². The maximum atomic E-state index is 12.6. The molecule has 0 saturated carbocycles. The molecule has 154 valence electrons. The molecular weight excluding hydrogens is 384 g/mol. The topological polar surface area (TPSA) is 63.6 Å². The van der Waals surface area contributed by atoms with E-state index in [4.69, 9.17) is 4.74 Å². The maximum absolute atomic E-state index is 12.6. The Bertz CT molecular complexity index is 940. The predicted octanol–water partition coefficient (Wildman–Crippen LogP) is 5.78. The predicted molar refractivity (Wildman–Crippen MR) is 119 cm³/mol. The van der Waals surface area contributed by atoms with E-state index in [0.29, 0.717) is 11.3 Å². The van der Waals surface area contributed by atoms with Crippen molar-refractivity contribution in [3.05, 3.63) is 63.7 Å². The van der Waals surface area contributed by atoms with Crippen molar-refractivity contribution in [3.8, 4) is 5.75 Å². The van der Waals surface area contributed by atoms with Gasteiger partial charge in [-0.05, 0) is 106 Å². The number of benzene rings is 2. The Balaban J connectivity index is 2.27. The van der Waals surface area contributed by atoms with Crippen LogP contribution in [-0.4, -0.2) is 28.7 Å². The summed E-state index contributed by atoms with van der Waals surface area (Å²) in [6.45, 7) is 10.8. The van der Waals surface area contributed by atoms with E-state index in [-0.39, 0.29) is 5.78 Å². The van der Waals surface area contributed by atoms with E-state index >= 15 is 0 Å². The lowest BCUT2D eigenvalue weighted by Crippen LogP contribution is -2.38. The number of thioether (sulfide) groups is 1. The fourth-order valence-electron chi connectivity index (χ4n) is 3.22. The Morgan fingerprint density at radius 3 is 1.93 bits per heavy atom. The van der Waals surface area contributed by atoms with Crippen LogP contribution >= 0.6 is 11.8 Å². The highest BCUT2D eigenvalue weighted by molar-refractivity contribution is 7.98. The Morgan fingerprint density at radius 1 is 0.966 bits per heavy atom. The van der Waals surface area contributed by atoms with Gasteiger partial charge in [-0.25, -0.2) is 4.79 Å². The van der Waals surface area contributed by atoms with E-state index in [2.05, 4.69) is 0 Å². The standard InChI is InChI=1S/C24H28O4S/c1-14-10-18(11-15(2)21(14)28-24(5,6)23(26)27)8-9-20(25)19-12-16(3)22(29-7)17(4)13-19/h8-13H,1-7H3,(H,26,27)/b9-8+. The number of hydrogen-bond acceptors (Lipinski definition) is 4. The lowest BCUT2D eigenvalue weighted by atomic mass is 10.0. The first-order valence-corrected chi connectivity index (χ1v) is 10.6. The molecule has 0 aromatic heterocycles. The fraction of sp³-hybridized carbons (Fsp3) is 0.333. The second kappa shape index (κ2) is 8.87. The third-order valence-corrected chi connectivity index (χ3v) is 5.78. The lowest BCUT2D eigenvalue weighted by Gasteiger charge is -2.24. The van der Waals surface area contributed by atoms with Gasteiger partial charge in [0.2, 0.25) is 0 Å². The molecule has 0 aliphatic rings. The molecule has 4 nitrogen and oxygen atoms in total. The number of aryl methyl sites for hydroxylation is 4. The number of carboxylic acids is 1. The zero-order chi connectivity index (χ0) is 21.9. The van der Waals surface area contributed by atoms with Gasteiger partial charge in [0, 0.05) is 10.5 Å². The largest absolute Gasteiger partial charge is 0.478 e. The molecule has 5 heteroatoms. The number of carboxylic acid groups (broad SMARTS) is 1. The highest BCUT2D eigenvalue weighted by atomic mass is 32.2. The number of rotatable bonds is 7. The summed E-state index contributed by atoms with van der Waals surface area (Å²) in [6.07, 6.45) is 5.39. The first-order chi connectivity index (χ1) is 13.5. The molecule has 0 aliphatic carbocycles. The van der Waals surface area contributed by atoms with E-state index in [1.54, 1.807) is 23.9 Å². The molecule has 2 aromatic carbocycles. The van der Waals surface area contributed by atoms with Crippen LogP contribution in [0.3, 0.4) is 0 Å². The molecule has 0 fully saturated rings. The van der Waals surface area contributed by atoms with Gasteiger partial charge in [0.25, 0.3) is 0 Å². The lowest BCUT2D eigenvalue weighted by molar-refractivity contribution is -0.152. The van der Waals surface area contributed by atoms with Gasteiger partial charge in [0.1, 0.15) is 5.75 Å². The molecule has 0 unspecified atom stereocenters. The Labute approximate surface area is 177 Å². The van der Waals surface area contributed by atoms with E-state index in [1.807, 2.05) is 58.2 Å². The minimum Gasteiger partial charge on any atom is -0.478 e. The number of carbonyl (C=O) groups excluding carboxylic acids is 1. The van der Waals surface area contributed by atoms with Crippen LogP contribution < -0.4 is 4.74 Å². The van der Waals surface area contributed by atoms with E-state index in [1.165, 1.54) is 18.7 Å². The van der Waals surface area contributed by atoms with Gasteiger partial charge in [0.15, 0.2) is 11.4 Å². The Hall–Kier alpha value is -2.53. The maximum Gasteiger partial charge on any atom is 0.347 e. The number of carbonyl (C=O) groups is 2. The summed E-state index contributed by atoms with van der Waals surface area (Å²) in [5, 5.41) is 9.29. The molecule has 29 heavy (non-hydrogen) atoms. The molecule has 0 spiro atoms. The SMILES string of the molecule is CSc1c(C)cc(C(=O)/C=C/c2cc(C)c(OC(C)(C)C(=O)O)c(C)c2)cc1C. The first-order valence-electron chi connectivity index (χ1n) is 9.37. The minimum atomic E-state index is -1.32. The number of hydrogen-bond donors (Lipinski definition) is 1. The first kappa shape index (κ1) is 22.8. The number of aliphatic carboxylic acids is 1. The fourth-order valence-corrected chi connectivity index (χ4v) is 3.98. The quantitative estimate of drug-likeness (QED) is 0.355. The van der Waals surface area contributed by atoms with Crippen molar-refractivity contribution in [1.82, 2.24) is 0 Å². The van der Waals surface area contributed by atoms with E-state index < -0.39 is 11.6 Å². The second-order valence-electron chi connectivity index (χ2n) is 7.74. The van der Waals surface area contributed by atoms with Gasteiger partial charge in [-0.1, -0.05) is 6.08 Å². The van der Waals surface area contributed by atoms with Crippen LogP contribution in [0.2, 0.25) is 0 Å². The highest BCUT2D eigenvalue weighted by Gasteiger charge is 2.30. The molecule has 0 bridgehead atoms. The number of allylic oxidation sites excluding steroid dienone is 1. The van der Waals surface area contributed by atoms with Crippen molar-refractivity contribution >= 4 is 29.6 Å². The van der Waals surface area contributed by atoms with Gasteiger partial charge in [-0.15, -0.1) is 11.8 Å². The normalized spacial score (nSPS) is 11.7. The summed E-state index contributed by atoms with van der Waals surface area (Å²) in [4.78, 5) is 25.2. The summed E-state index contributed by atoms with van der Waals surface area (Å²) < 4.78 is 5.73. The van der Waals surface area contributed by atoms with Crippen LogP contribution in [0.5, 0.6) is 5.75 Å². The smallest absolute Gasteiger partial charge is 0.347 e. The van der Waals surface area contributed by atoms with Crippen molar-refractivity contribution in [2.45, 2.75) is 52.0 Å². The third-order valence-electron chi connectivity index (χ3n) is 4.73. The van der Waals surface area contributed by atoms with Crippen molar-refractivity contribution in [2.24, 2.45) is 0 Å². The van der Waals surface area contributed by atoms with Crippen LogP contribution in [0, 0.1) is 27.7 Å². The van der Waals surface area contributed by atoms with Crippen LogP contribution in [-0.2, 0) is 4.79 Å². The average molecular weight is 413 g/mol. The second-order valence-corrected chi connectivity index (χ2v) is 8.56. The summed E-state index contributed by atoms with van der Waals surface area (Å²) in [5.41, 5.74) is 4.06. The molecule has 0 heterocycles. The number of ether oxygens (including phenoxy) is 1. The summed E-state index contributed by atoms with van der Waals surface area (Å²) in [6, 6.07) is 7.62. The summed E-state index contributed by atoms with van der Waals surface area (Å²) in [5.74, 6) is -0.518. The molecule has 0 saturated heterocycles. The molecule has 2 rings (SSSR count). The number of ketones is 1. The monoisotopic (exact) mass is 412 g/mol. The van der Waals surface area contributed by atoms with Gasteiger partial charge >= 0.3 is 5.97 Å². The molecule has 0 amide bonds. The van der Waals surface area contributed by atoms with Crippen LogP contribution in [0.1, 0.15) is 52.0 Å². The van der Waals surface area contributed by atoms with Gasteiger partial charge in [0.05, 0.1) is 0 Å². The molecule has 0 radical (unpaired) electrons.